The predicted octanol–water partition coefficient (Wildman–Crippen LogP) is 2.88. The number of hydrogen-bond donors (Lipinski definition) is 1. The third-order valence-corrected chi connectivity index (χ3v) is 6.49. The molecule has 0 bridgehead atoms. The van der Waals surface area contributed by atoms with Crippen LogP contribution in [0.1, 0.15) is 18.9 Å². The molecule has 1 N–H and O–H groups in total. The molecule has 21 heavy (non-hydrogen) atoms. The van der Waals surface area contributed by atoms with E-state index in [-0.39, 0.29) is 5.92 Å². The Hall–Kier alpha value is -0.330. The van der Waals surface area contributed by atoms with Crippen molar-refractivity contribution in [3.63, 3.8) is 0 Å². The molecule has 4 nitrogen and oxygen atoms in total. The topological polar surface area (TPSA) is 55.4 Å². The van der Waals surface area contributed by atoms with Crippen molar-refractivity contribution >= 4 is 33.2 Å². The van der Waals surface area contributed by atoms with Gasteiger partial charge < -0.3 is 4.74 Å². The quantitative estimate of drug-likeness (QED) is 0.887. The third-order valence-electron chi connectivity index (χ3n) is 3.68. The van der Waals surface area contributed by atoms with Crippen LogP contribution in [0.15, 0.2) is 18.2 Å². The highest BCUT2D eigenvalue weighted by Crippen LogP contribution is 2.31. The molecule has 1 aliphatic rings. The molecule has 1 saturated heterocycles. The van der Waals surface area contributed by atoms with Gasteiger partial charge in [0.2, 0.25) is 10.0 Å². The number of halogens is 2. The molecule has 1 aliphatic heterocycles. The van der Waals surface area contributed by atoms with Crippen LogP contribution in [0.25, 0.3) is 0 Å². The Morgan fingerprint density at radius 1 is 1.33 bits per heavy atom. The van der Waals surface area contributed by atoms with E-state index < -0.39 is 15.3 Å². The van der Waals surface area contributed by atoms with Gasteiger partial charge in [-0.05, 0) is 30.5 Å². The molecule has 1 heterocycles. The van der Waals surface area contributed by atoms with E-state index in [0.29, 0.717) is 42.6 Å². The highest BCUT2D eigenvalue weighted by molar-refractivity contribution is 7.90. The maximum atomic E-state index is 12.3. The molecular formula is C14H19Cl2NO3S. The number of rotatable bonds is 5. The van der Waals surface area contributed by atoms with Gasteiger partial charge in [0.15, 0.2) is 0 Å². The van der Waals surface area contributed by atoms with Crippen molar-refractivity contribution in [2.75, 3.05) is 19.8 Å². The van der Waals surface area contributed by atoms with Gasteiger partial charge in [0.05, 0.1) is 11.9 Å². The van der Waals surface area contributed by atoms with Crippen LogP contribution in [-0.4, -0.2) is 33.4 Å². The lowest BCUT2D eigenvalue weighted by atomic mass is 9.93. The first-order chi connectivity index (χ1) is 9.95. The minimum atomic E-state index is -3.34. The predicted molar refractivity (Wildman–Crippen MR) is 85.5 cm³/mol. The van der Waals surface area contributed by atoms with Crippen molar-refractivity contribution < 1.29 is 13.2 Å². The third kappa shape index (κ3) is 4.11. The molecule has 0 unspecified atom stereocenters. The fourth-order valence-corrected chi connectivity index (χ4v) is 4.93. The second-order valence-corrected chi connectivity index (χ2v) is 7.91. The summed E-state index contributed by atoms with van der Waals surface area (Å²) in [7, 11) is -3.34. The van der Waals surface area contributed by atoms with Crippen LogP contribution in [-0.2, 0) is 21.2 Å². The molecule has 0 amide bonds. The zero-order valence-electron chi connectivity index (χ0n) is 11.8. The maximum Gasteiger partial charge on any atom is 0.214 e. The van der Waals surface area contributed by atoms with Crippen LogP contribution in [0, 0.1) is 5.92 Å². The van der Waals surface area contributed by atoms with Gasteiger partial charge in [-0.25, -0.2) is 13.1 Å². The first-order valence-electron chi connectivity index (χ1n) is 6.94. The summed E-state index contributed by atoms with van der Waals surface area (Å²) >= 11 is 12.4. The Balaban J connectivity index is 2.24. The summed E-state index contributed by atoms with van der Waals surface area (Å²) in [6.07, 6.45) is 0.982. The minimum Gasteiger partial charge on any atom is -0.381 e. The Labute approximate surface area is 135 Å². The van der Waals surface area contributed by atoms with Gasteiger partial charge in [-0.2, -0.15) is 0 Å². The average molecular weight is 352 g/mol. The van der Waals surface area contributed by atoms with E-state index in [4.69, 9.17) is 27.9 Å². The highest BCUT2D eigenvalue weighted by Gasteiger charge is 2.36. The van der Waals surface area contributed by atoms with Gasteiger partial charge in [-0.1, -0.05) is 36.2 Å². The summed E-state index contributed by atoms with van der Waals surface area (Å²) in [4.78, 5) is 0. The van der Waals surface area contributed by atoms with E-state index in [2.05, 4.69) is 4.72 Å². The molecule has 0 aromatic heterocycles. The van der Waals surface area contributed by atoms with Crippen molar-refractivity contribution in [3.05, 3.63) is 33.8 Å². The summed E-state index contributed by atoms with van der Waals surface area (Å²) < 4.78 is 32.7. The molecule has 0 aliphatic carbocycles. The minimum absolute atomic E-state index is 0.153. The van der Waals surface area contributed by atoms with Crippen LogP contribution in [0.5, 0.6) is 0 Å². The molecule has 2 atom stereocenters. The number of sulfonamides is 1. The van der Waals surface area contributed by atoms with Crippen molar-refractivity contribution in [2.24, 2.45) is 5.92 Å². The Morgan fingerprint density at radius 3 is 2.62 bits per heavy atom. The molecule has 0 spiro atoms. The van der Waals surface area contributed by atoms with E-state index in [9.17, 15) is 8.42 Å². The van der Waals surface area contributed by atoms with Gasteiger partial charge in [0, 0.05) is 29.1 Å². The number of benzene rings is 1. The second kappa shape index (κ2) is 7.29. The number of ether oxygens (including phenoxy) is 1. The largest absolute Gasteiger partial charge is 0.381 e. The maximum absolute atomic E-state index is 12.3. The zero-order chi connectivity index (χ0) is 15.5. The molecule has 1 aromatic rings. The van der Waals surface area contributed by atoms with Crippen molar-refractivity contribution in [1.29, 1.82) is 0 Å². The molecule has 0 saturated carbocycles. The van der Waals surface area contributed by atoms with Gasteiger partial charge in [0.1, 0.15) is 0 Å². The van der Waals surface area contributed by atoms with Gasteiger partial charge >= 0.3 is 0 Å². The lowest BCUT2D eigenvalue weighted by Gasteiger charge is -2.31. The van der Waals surface area contributed by atoms with E-state index in [0.717, 1.165) is 5.56 Å². The molecule has 1 fully saturated rings. The summed E-state index contributed by atoms with van der Waals surface area (Å²) in [6.45, 7) is 3.02. The summed E-state index contributed by atoms with van der Waals surface area (Å²) in [5, 5.41) is 0.652. The van der Waals surface area contributed by atoms with Crippen LogP contribution in [0.4, 0.5) is 0 Å². The van der Waals surface area contributed by atoms with Crippen LogP contribution in [0.3, 0.4) is 0 Å². The van der Waals surface area contributed by atoms with Crippen molar-refractivity contribution in [1.82, 2.24) is 4.72 Å². The highest BCUT2D eigenvalue weighted by atomic mass is 35.5. The van der Waals surface area contributed by atoms with Crippen LogP contribution < -0.4 is 4.72 Å². The Kier molecular flexibility index (Phi) is 5.91. The van der Waals surface area contributed by atoms with Gasteiger partial charge in [-0.15, -0.1) is 0 Å². The average Bonchev–Trinajstić information content (AvgIpc) is 2.43. The van der Waals surface area contributed by atoms with E-state index in [1.54, 1.807) is 25.1 Å². The van der Waals surface area contributed by atoms with E-state index in [1.807, 2.05) is 0 Å². The van der Waals surface area contributed by atoms with Crippen molar-refractivity contribution in [2.45, 2.75) is 25.0 Å². The normalized spacial score (nSPS) is 23.2. The second-order valence-electron chi connectivity index (χ2n) is 5.11. The lowest BCUT2D eigenvalue weighted by Crippen LogP contribution is -2.44. The first-order valence-corrected chi connectivity index (χ1v) is 9.25. The molecule has 118 valence electrons. The summed E-state index contributed by atoms with van der Waals surface area (Å²) in [5.74, 6) is -0.153. The SMILES string of the molecule is CCNS(=O)(=O)[C@H]1CCOC[C@H]1Cc1c(Cl)cccc1Cl. The van der Waals surface area contributed by atoms with E-state index in [1.165, 1.54) is 0 Å². The standard InChI is InChI=1S/C14H19Cl2NO3S/c1-2-17-21(18,19)14-6-7-20-9-10(14)8-11-12(15)4-3-5-13(11)16/h3-5,10,14,17H,2,6-9H2,1H3/t10-,14+/m1/s1. The summed E-state index contributed by atoms with van der Waals surface area (Å²) in [5.41, 5.74) is 0.785. The van der Waals surface area contributed by atoms with Gasteiger partial charge in [-0.3, -0.25) is 0 Å². The van der Waals surface area contributed by atoms with E-state index >= 15 is 0 Å². The number of hydrogen-bond acceptors (Lipinski definition) is 3. The monoisotopic (exact) mass is 351 g/mol. The summed E-state index contributed by atoms with van der Waals surface area (Å²) in [6, 6.07) is 5.30. The first kappa shape index (κ1) is 17.0. The molecule has 1 aromatic carbocycles. The van der Waals surface area contributed by atoms with Crippen molar-refractivity contribution in [3.8, 4) is 0 Å². The fourth-order valence-electron chi connectivity index (χ4n) is 2.67. The molecule has 0 radical (unpaired) electrons. The van der Waals surface area contributed by atoms with Crippen LogP contribution >= 0.6 is 23.2 Å². The fraction of sp³-hybridized carbons (Fsp3) is 0.571. The smallest absolute Gasteiger partial charge is 0.214 e. The van der Waals surface area contributed by atoms with Crippen LogP contribution in [0.2, 0.25) is 10.0 Å². The molecule has 7 heteroatoms. The zero-order valence-corrected chi connectivity index (χ0v) is 14.1. The Morgan fingerprint density at radius 2 is 2.00 bits per heavy atom. The van der Waals surface area contributed by atoms with Gasteiger partial charge in [0.25, 0.3) is 0 Å². The molecule has 2 rings (SSSR count). The number of nitrogens with one attached hydrogen (secondary N) is 1. The Bertz CT molecular complexity index is 572. The molecular weight excluding hydrogens is 333 g/mol. The lowest BCUT2D eigenvalue weighted by molar-refractivity contribution is 0.0570.